The molecule has 0 bridgehead atoms. The van der Waals surface area contributed by atoms with Gasteiger partial charge in [-0.15, -0.1) is 0 Å². The van der Waals surface area contributed by atoms with Crippen LogP contribution in [0.1, 0.15) is 40.0 Å². The van der Waals surface area contributed by atoms with Gasteiger partial charge in [-0.05, 0) is 18.6 Å². The molecule has 0 heterocycles. The first-order chi connectivity index (χ1) is 6.67. The van der Waals surface area contributed by atoms with Crippen LogP contribution in [0.3, 0.4) is 0 Å². The van der Waals surface area contributed by atoms with Gasteiger partial charge in [0.25, 0.3) is 0 Å². The zero-order chi connectivity index (χ0) is 11.0. The van der Waals surface area contributed by atoms with Crippen LogP contribution in [-0.2, 0) is 9.53 Å². The van der Waals surface area contributed by atoms with Crippen molar-refractivity contribution >= 4 is 12.2 Å². The largest absolute Gasteiger partial charge is 0.467 e. The highest BCUT2D eigenvalue weighted by molar-refractivity contribution is 5.78. The van der Waals surface area contributed by atoms with E-state index in [4.69, 9.17) is 4.74 Å². The van der Waals surface area contributed by atoms with Crippen molar-refractivity contribution in [2.75, 3.05) is 7.11 Å². The Hall–Kier alpha value is -0.860. The molecule has 3 nitrogen and oxygen atoms in total. The Labute approximate surface area is 86.6 Å². The molecule has 0 aromatic heterocycles. The SMILES string of the molecule is CCCC=N[C@H](C(=O)OC)[C@@H](C)CC. The Kier molecular flexibility index (Phi) is 7.07. The van der Waals surface area contributed by atoms with Gasteiger partial charge in [0.1, 0.15) is 6.04 Å². The van der Waals surface area contributed by atoms with E-state index in [0.717, 1.165) is 19.3 Å². The summed E-state index contributed by atoms with van der Waals surface area (Å²) in [5, 5.41) is 0. The van der Waals surface area contributed by atoms with Gasteiger partial charge < -0.3 is 4.74 Å². The van der Waals surface area contributed by atoms with Crippen molar-refractivity contribution in [2.45, 2.75) is 46.1 Å². The number of ether oxygens (including phenoxy) is 1. The fourth-order valence-corrected chi connectivity index (χ4v) is 1.10. The summed E-state index contributed by atoms with van der Waals surface area (Å²) >= 11 is 0. The van der Waals surface area contributed by atoms with Crippen molar-refractivity contribution in [3.05, 3.63) is 0 Å². The lowest BCUT2D eigenvalue weighted by Crippen LogP contribution is -2.27. The number of carbonyl (C=O) groups excluding carboxylic acids is 1. The van der Waals surface area contributed by atoms with E-state index < -0.39 is 0 Å². The zero-order valence-corrected chi connectivity index (χ0v) is 9.62. The molecule has 3 heteroatoms. The molecule has 0 unspecified atom stereocenters. The maximum absolute atomic E-state index is 11.4. The van der Waals surface area contributed by atoms with Crippen LogP contribution < -0.4 is 0 Å². The number of aliphatic imine (C=N–C) groups is 1. The van der Waals surface area contributed by atoms with Crippen LogP contribution in [0, 0.1) is 5.92 Å². The maximum atomic E-state index is 11.4. The first kappa shape index (κ1) is 13.1. The molecule has 0 aliphatic rings. The van der Waals surface area contributed by atoms with Crippen molar-refractivity contribution in [1.82, 2.24) is 0 Å². The predicted molar refractivity (Wildman–Crippen MR) is 58.7 cm³/mol. The summed E-state index contributed by atoms with van der Waals surface area (Å²) in [5.41, 5.74) is 0. The van der Waals surface area contributed by atoms with Crippen LogP contribution in [0.15, 0.2) is 4.99 Å². The normalized spacial score (nSPS) is 15.4. The molecule has 0 fully saturated rings. The lowest BCUT2D eigenvalue weighted by Gasteiger charge is -2.15. The number of hydrogen-bond acceptors (Lipinski definition) is 3. The Morgan fingerprint density at radius 2 is 2.14 bits per heavy atom. The van der Waals surface area contributed by atoms with Crippen molar-refractivity contribution < 1.29 is 9.53 Å². The minimum atomic E-state index is -0.323. The second-order valence-corrected chi connectivity index (χ2v) is 3.47. The predicted octanol–water partition coefficient (Wildman–Crippen LogP) is 2.45. The Morgan fingerprint density at radius 3 is 2.57 bits per heavy atom. The number of rotatable bonds is 6. The van der Waals surface area contributed by atoms with E-state index in [-0.39, 0.29) is 17.9 Å². The fraction of sp³-hybridized carbons (Fsp3) is 0.818. The van der Waals surface area contributed by atoms with Crippen LogP contribution in [0.25, 0.3) is 0 Å². The van der Waals surface area contributed by atoms with Gasteiger partial charge in [-0.25, -0.2) is 4.79 Å². The molecule has 0 aliphatic carbocycles. The van der Waals surface area contributed by atoms with E-state index in [1.54, 1.807) is 0 Å². The average Bonchev–Trinajstić information content (AvgIpc) is 2.22. The van der Waals surface area contributed by atoms with E-state index in [1.165, 1.54) is 7.11 Å². The summed E-state index contributed by atoms with van der Waals surface area (Å²) in [6.07, 6.45) is 4.73. The third kappa shape index (κ3) is 4.40. The van der Waals surface area contributed by atoms with Crippen LogP contribution >= 0.6 is 0 Å². The van der Waals surface area contributed by atoms with E-state index in [0.29, 0.717) is 0 Å². The van der Waals surface area contributed by atoms with Gasteiger partial charge in [0, 0.05) is 0 Å². The van der Waals surface area contributed by atoms with Crippen molar-refractivity contribution in [2.24, 2.45) is 10.9 Å². The Balaban J connectivity index is 4.31. The first-order valence-corrected chi connectivity index (χ1v) is 5.26. The molecule has 14 heavy (non-hydrogen) atoms. The Bertz CT molecular complexity index is 190. The van der Waals surface area contributed by atoms with Gasteiger partial charge in [-0.1, -0.05) is 33.6 Å². The average molecular weight is 199 g/mol. The number of unbranched alkanes of at least 4 members (excludes halogenated alkanes) is 1. The number of carbonyl (C=O) groups is 1. The van der Waals surface area contributed by atoms with Crippen LogP contribution in [0.2, 0.25) is 0 Å². The van der Waals surface area contributed by atoms with Crippen molar-refractivity contribution in [1.29, 1.82) is 0 Å². The third-order valence-corrected chi connectivity index (χ3v) is 2.31. The molecular formula is C11H21NO2. The van der Waals surface area contributed by atoms with Crippen LogP contribution in [0.5, 0.6) is 0 Å². The van der Waals surface area contributed by atoms with Gasteiger partial charge in [0.05, 0.1) is 7.11 Å². The molecule has 0 amide bonds. The second-order valence-electron chi connectivity index (χ2n) is 3.47. The first-order valence-electron chi connectivity index (χ1n) is 5.26. The molecule has 0 aliphatic heterocycles. The summed E-state index contributed by atoms with van der Waals surface area (Å²) < 4.78 is 4.71. The van der Waals surface area contributed by atoms with Crippen molar-refractivity contribution in [3.63, 3.8) is 0 Å². The molecule has 0 spiro atoms. The van der Waals surface area contributed by atoms with E-state index in [1.807, 2.05) is 13.1 Å². The molecule has 0 N–H and O–H groups in total. The molecular weight excluding hydrogens is 178 g/mol. The summed E-state index contributed by atoms with van der Waals surface area (Å²) in [7, 11) is 1.41. The summed E-state index contributed by atoms with van der Waals surface area (Å²) in [6, 6.07) is -0.323. The molecule has 0 aromatic carbocycles. The van der Waals surface area contributed by atoms with E-state index in [2.05, 4.69) is 18.8 Å². The lowest BCUT2D eigenvalue weighted by atomic mass is 10.00. The van der Waals surface area contributed by atoms with Gasteiger partial charge in [0.15, 0.2) is 0 Å². The molecule has 0 saturated heterocycles. The highest BCUT2D eigenvalue weighted by Crippen LogP contribution is 2.12. The summed E-state index contributed by atoms with van der Waals surface area (Å²) in [4.78, 5) is 15.6. The number of esters is 1. The quantitative estimate of drug-likeness (QED) is 0.487. The number of nitrogens with zero attached hydrogens (tertiary/aromatic N) is 1. The zero-order valence-electron chi connectivity index (χ0n) is 9.62. The van der Waals surface area contributed by atoms with Gasteiger partial charge in [-0.3, -0.25) is 4.99 Å². The van der Waals surface area contributed by atoms with Crippen LogP contribution in [-0.4, -0.2) is 25.3 Å². The lowest BCUT2D eigenvalue weighted by molar-refractivity contribution is -0.143. The van der Waals surface area contributed by atoms with E-state index in [9.17, 15) is 4.79 Å². The minimum Gasteiger partial charge on any atom is -0.467 e. The Morgan fingerprint density at radius 1 is 1.50 bits per heavy atom. The molecule has 0 radical (unpaired) electrons. The highest BCUT2D eigenvalue weighted by Gasteiger charge is 2.22. The third-order valence-electron chi connectivity index (χ3n) is 2.31. The van der Waals surface area contributed by atoms with Crippen LogP contribution in [0.4, 0.5) is 0 Å². The summed E-state index contributed by atoms with van der Waals surface area (Å²) in [5.74, 6) is 0.0160. The molecule has 0 rings (SSSR count). The fourth-order valence-electron chi connectivity index (χ4n) is 1.10. The topological polar surface area (TPSA) is 38.7 Å². The van der Waals surface area contributed by atoms with Crippen molar-refractivity contribution in [3.8, 4) is 0 Å². The highest BCUT2D eigenvalue weighted by atomic mass is 16.5. The van der Waals surface area contributed by atoms with Gasteiger partial charge >= 0.3 is 5.97 Å². The minimum absolute atomic E-state index is 0.230. The summed E-state index contributed by atoms with van der Waals surface area (Å²) in [6.45, 7) is 6.16. The molecule has 0 aromatic rings. The maximum Gasteiger partial charge on any atom is 0.330 e. The smallest absolute Gasteiger partial charge is 0.330 e. The number of methoxy groups -OCH3 is 1. The second kappa shape index (κ2) is 7.54. The monoisotopic (exact) mass is 199 g/mol. The standard InChI is InChI=1S/C11H21NO2/c1-5-7-8-12-10(9(3)6-2)11(13)14-4/h8-10H,5-7H2,1-4H3/t9-,10-/m0/s1. The molecule has 2 atom stereocenters. The van der Waals surface area contributed by atoms with E-state index >= 15 is 0 Å². The van der Waals surface area contributed by atoms with Gasteiger partial charge in [-0.2, -0.15) is 0 Å². The molecule has 82 valence electrons. The number of hydrogen-bond donors (Lipinski definition) is 0. The molecule has 0 saturated carbocycles. The van der Waals surface area contributed by atoms with Gasteiger partial charge in [0.2, 0.25) is 0 Å².